The standard InChI is InChI=1S/C10H11ClFNO3S/c1-2-17(15,16)6-10(14)13-9-4-3-7(11)5-8(9)12/h3-5H,2,6H2,1H3,(H,13,14). The van der Waals surface area contributed by atoms with Gasteiger partial charge in [-0.3, -0.25) is 4.79 Å². The van der Waals surface area contributed by atoms with Crippen molar-refractivity contribution in [3.63, 3.8) is 0 Å². The molecular formula is C10H11ClFNO3S. The van der Waals surface area contributed by atoms with Crippen molar-refractivity contribution >= 4 is 33.0 Å². The number of carbonyl (C=O) groups excluding carboxylic acids is 1. The van der Waals surface area contributed by atoms with Gasteiger partial charge in [-0.05, 0) is 18.2 Å². The molecule has 0 aliphatic carbocycles. The van der Waals surface area contributed by atoms with Gasteiger partial charge in [0.05, 0.1) is 5.69 Å². The number of nitrogens with one attached hydrogen (secondary N) is 1. The molecule has 1 N–H and O–H groups in total. The van der Waals surface area contributed by atoms with E-state index in [4.69, 9.17) is 11.6 Å². The molecule has 7 heteroatoms. The second kappa shape index (κ2) is 5.46. The second-order valence-corrected chi connectivity index (χ2v) is 6.14. The Bertz CT molecular complexity index is 530. The molecule has 94 valence electrons. The van der Waals surface area contributed by atoms with Crippen LogP contribution in [0, 0.1) is 5.82 Å². The predicted molar refractivity (Wildman–Crippen MR) is 64.4 cm³/mol. The van der Waals surface area contributed by atoms with Crippen molar-refractivity contribution in [2.24, 2.45) is 0 Å². The number of amides is 1. The van der Waals surface area contributed by atoms with Crippen molar-refractivity contribution in [2.75, 3.05) is 16.8 Å². The topological polar surface area (TPSA) is 63.2 Å². The zero-order valence-electron chi connectivity index (χ0n) is 9.04. The van der Waals surface area contributed by atoms with Crippen molar-refractivity contribution in [1.29, 1.82) is 0 Å². The van der Waals surface area contributed by atoms with Crippen LogP contribution in [0.15, 0.2) is 18.2 Å². The molecule has 0 fully saturated rings. The number of anilines is 1. The molecule has 0 aliphatic heterocycles. The fourth-order valence-corrected chi connectivity index (χ4v) is 1.91. The van der Waals surface area contributed by atoms with E-state index >= 15 is 0 Å². The van der Waals surface area contributed by atoms with Gasteiger partial charge >= 0.3 is 0 Å². The van der Waals surface area contributed by atoms with Crippen LogP contribution in [0.25, 0.3) is 0 Å². The normalized spacial score (nSPS) is 11.2. The summed E-state index contributed by atoms with van der Waals surface area (Å²) in [6.45, 7) is 1.44. The lowest BCUT2D eigenvalue weighted by atomic mass is 10.3. The minimum atomic E-state index is -3.42. The van der Waals surface area contributed by atoms with Gasteiger partial charge in [0, 0.05) is 10.8 Å². The third-order valence-electron chi connectivity index (χ3n) is 2.00. The van der Waals surface area contributed by atoms with Gasteiger partial charge in [-0.2, -0.15) is 0 Å². The Kier molecular flexibility index (Phi) is 4.47. The monoisotopic (exact) mass is 279 g/mol. The summed E-state index contributed by atoms with van der Waals surface area (Å²) in [7, 11) is -3.42. The van der Waals surface area contributed by atoms with Gasteiger partial charge in [-0.15, -0.1) is 0 Å². The average Bonchev–Trinajstić information content (AvgIpc) is 2.21. The van der Waals surface area contributed by atoms with E-state index in [0.717, 1.165) is 6.07 Å². The van der Waals surface area contributed by atoms with E-state index in [2.05, 4.69) is 5.32 Å². The minimum Gasteiger partial charge on any atom is -0.323 e. The van der Waals surface area contributed by atoms with Gasteiger partial charge < -0.3 is 5.32 Å². The van der Waals surface area contributed by atoms with E-state index in [0.29, 0.717) is 0 Å². The SMILES string of the molecule is CCS(=O)(=O)CC(=O)Nc1ccc(Cl)cc1F. The van der Waals surface area contributed by atoms with Gasteiger partial charge in [0.2, 0.25) is 5.91 Å². The highest BCUT2D eigenvalue weighted by Gasteiger charge is 2.15. The molecule has 1 aromatic rings. The lowest BCUT2D eigenvalue weighted by molar-refractivity contribution is -0.113. The third kappa shape index (κ3) is 4.32. The minimum absolute atomic E-state index is 0.0919. The average molecular weight is 280 g/mol. The molecule has 0 radical (unpaired) electrons. The number of halogens is 2. The Morgan fingerprint density at radius 1 is 1.47 bits per heavy atom. The molecule has 0 heterocycles. The van der Waals surface area contributed by atoms with Crippen LogP contribution in [-0.2, 0) is 14.6 Å². The van der Waals surface area contributed by atoms with Gasteiger partial charge in [0.15, 0.2) is 9.84 Å². The summed E-state index contributed by atoms with van der Waals surface area (Å²) < 4.78 is 35.6. The summed E-state index contributed by atoms with van der Waals surface area (Å²) >= 11 is 5.53. The van der Waals surface area contributed by atoms with Gasteiger partial charge in [-0.25, -0.2) is 12.8 Å². The molecule has 0 bridgehead atoms. The number of benzene rings is 1. The second-order valence-electron chi connectivity index (χ2n) is 3.35. The summed E-state index contributed by atoms with van der Waals surface area (Å²) in [6, 6.07) is 3.70. The van der Waals surface area contributed by atoms with E-state index in [1.807, 2.05) is 0 Å². The maximum atomic E-state index is 13.3. The number of hydrogen-bond donors (Lipinski definition) is 1. The first-order valence-corrected chi connectivity index (χ1v) is 6.99. The Hall–Kier alpha value is -1.14. The molecule has 0 aromatic heterocycles. The molecule has 17 heavy (non-hydrogen) atoms. The highest BCUT2D eigenvalue weighted by atomic mass is 35.5. The van der Waals surface area contributed by atoms with E-state index < -0.39 is 27.3 Å². The quantitative estimate of drug-likeness (QED) is 0.915. The van der Waals surface area contributed by atoms with E-state index in [1.54, 1.807) is 0 Å². The lowest BCUT2D eigenvalue weighted by Gasteiger charge is -2.06. The molecule has 0 saturated heterocycles. The first-order chi connectivity index (χ1) is 7.84. The zero-order chi connectivity index (χ0) is 13.1. The summed E-state index contributed by atoms with van der Waals surface area (Å²) in [5.41, 5.74) is -0.0919. The van der Waals surface area contributed by atoms with Crippen LogP contribution in [0.4, 0.5) is 10.1 Å². The smallest absolute Gasteiger partial charge is 0.239 e. The lowest BCUT2D eigenvalue weighted by Crippen LogP contribution is -2.24. The van der Waals surface area contributed by atoms with Crippen molar-refractivity contribution in [1.82, 2.24) is 0 Å². The van der Waals surface area contributed by atoms with E-state index in [-0.39, 0.29) is 16.5 Å². The Balaban J connectivity index is 2.75. The number of hydrogen-bond acceptors (Lipinski definition) is 3. The van der Waals surface area contributed by atoms with E-state index in [1.165, 1.54) is 19.1 Å². The molecule has 0 atom stereocenters. The van der Waals surface area contributed by atoms with E-state index in [9.17, 15) is 17.6 Å². The number of carbonyl (C=O) groups is 1. The van der Waals surface area contributed by atoms with Crippen LogP contribution in [0.5, 0.6) is 0 Å². The van der Waals surface area contributed by atoms with Crippen molar-refractivity contribution in [2.45, 2.75) is 6.92 Å². The highest BCUT2D eigenvalue weighted by molar-refractivity contribution is 7.92. The van der Waals surface area contributed by atoms with Gasteiger partial charge in [-0.1, -0.05) is 18.5 Å². The first kappa shape index (κ1) is 13.9. The fraction of sp³-hybridized carbons (Fsp3) is 0.300. The predicted octanol–water partition coefficient (Wildman–Crippen LogP) is 1.85. The zero-order valence-corrected chi connectivity index (χ0v) is 10.6. The Labute approximate surface area is 104 Å². The fourth-order valence-electron chi connectivity index (χ4n) is 1.08. The summed E-state index contributed by atoms with van der Waals surface area (Å²) in [5, 5.41) is 2.37. The first-order valence-electron chi connectivity index (χ1n) is 4.79. The van der Waals surface area contributed by atoms with Gasteiger partial charge in [0.1, 0.15) is 11.6 Å². The number of sulfone groups is 1. The van der Waals surface area contributed by atoms with Crippen molar-refractivity contribution < 1.29 is 17.6 Å². The Morgan fingerprint density at radius 2 is 2.12 bits per heavy atom. The van der Waals surface area contributed by atoms with Crippen LogP contribution in [0.2, 0.25) is 5.02 Å². The largest absolute Gasteiger partial charge is 0.323 e. The third-order valence-corrected chi connectivity index (χ3v) is 3.81. The molecule has 0 aliphatic rings. The highest BCUT2D eigenvalue weighted by Crippen LogP contribution is 2.18. The summed E-state index contributed by atoms with van der Waals surface area (Å²) in [4.78, 5) is 11.3. The maximum absolute atomic E-state index is 13.3. The van der Waals surface area contributed by atoms with Crippen LogP contribution in [-0.4, -0.2) is 25.8 Å². The molecule has 1 aromatic carbocycles. The molecule has 0 saturated carbocycles. The maximum Gasteiger partial charge on any atom is 0.239 e. The van der Waals surface area contributed by atoms with Crippen LogP contribution in [0.1, 0.15) is 6.92 Å². The molecule has 0 spiro atoms. The Morgan fingerprint density at radius 3 is 2.65 bits per heavy atom. The molecule has 1 rings (SSSR count). The molecule has 0 unspecified atom stereocenters. The van der Waals surface area contributed by atoms with Gasteiger partial charge in [0.25, 0.3) is 0 Å². The molecule has 4 nitrogen and oxygen atoms in total. The summed E-state index contributed by atoms with van der Waals surface area (Å²) in [6.07, 6.45) is 0. The van der Waals surface area contributed by atoms with Crippen LogP contribution >= 0.6 is 11.6 Å². The van der Waals surface area contributed by atoms with Crippen LogP contribution in [0.3, 0.4) is 0 Å². The molecular weight excluding hydrogens is 269 g/mol. The summed E-state index contributed by atoms with van der Waals surface area (Å²) in [5.74, 6) is -2.28. The van der Waals surface area contributed by atoms with Crippen molar-refractivity contribution in [3.8, 4) is 0 Å². The molecule has 1 amide bonds. The van der Waals surface area contributed by atoms with Crippen molar-refractivity contribution in [3.05, 3.63) is 29.0 Å². The number of rotatable bonds is 4. The van der Waals surface area contributed by atoms with Crippen LogP contribution < -0.4 is 5.32 Å².